The molecular formula is C27H34N2O5. The Labute approximate surface area is 201 Å². The SMILES string of the molecule is CCC1(CC)C(=O)N(C(=O)Nc2ccc(C)c(C)c2)C1Oc1ccc(C(=O)OC(C)(C)C)cc1. The molecule has 7 nitrogen and oxygen atoms in total. The molecule has 2 aromatic rings. The smallest absolute Gasteiger partial charge is 0.338 e. The summed E-state index contributed by atoms with van der Waals surface area (Å²) >= 11 is 0. The number of hydrogen-bond acceptors (Lipinski definition) is 5. The fourth-order valence-electron chi connectivity index (χ4n) is 4.04. The number of β-lactam (4-membered cyclic amide) rings is 1. The lowest BCUT2D eigenvalue weighted by atomic mass is 9.72. The molecule has 1 N–H and O–H groups in total. The summed E-state index contributed by atoms with van der Waals surface area (Å²) in [5.41, 5.74) is 1.79. The third-order valence-corrected chi connectivity index (χ3v) is 6.33. The number of likely N-dealkylation sites (tertiary alicyclic amines) is 1. The fraction of sp³-hybridized carbons (Fsp3) is 0.444. The first-order valence-electron chi connectivity index (χ1n) is 11.6. The number of imide groups is 1. The Balaban J connectivity index is 1.80. The van der Waals surface area contributed by atoms with Gasteiger partial charge in [-0.05, 0) is 95.0 Å². The molecule has 7 heteroatoms. The molecule has 1 saturated heterocycles. The van der Waals surface area contributed by atoms with Crippen LogP contribution in [0.4, 0.5) is 10.5 Å². The van der Waals surface area contributed by atoms with Crippen molar-refractivity contribution in [3.63, 3.8) is 0 Å². The van der Waals surface area contributed by atoms with Crippen molar-refractivity contribution in [3.8, 4) is 5.75 Å². The molecule has 182 valence electrons. The normalized spacial score (nSPS) is 17.1. The van der Waals surface area contributed by atoms with Gasteiger partial charge < -0.3 is 14.8 Å². The molecule has 1 aliphatic rings. The summed E-state index contributed by atoms with van der Waals surface area (Å²) in [4.78, 5) is 39.6. The van der Waals surface area contributed by atoms with Crippen LogP contribution in [0.25, 0.3) is 0 Å². The van der Waals surface area contributed by atoms with Crippen molar-refractivity contribution in [2.24, 2.45) is 5.41 Å². The maximum absolute atomic E-state index is 13.1. The van der Waals surface area contributed by atoms with Gasteiger partial charge in [0.05, 0.1) is 5.56 Å². The van der Waals surface area contributed by atoms with Crippen LogP contribution in [0.2, 0.25) is 0 Å². The van der Waals surface area contributed by atoms with Gasteiger partial charge >= 0.3 is 12.0 Å². The van der Waals surface area contributed by atoms with E-state index in [1.54, 1.807) is 24.3 Å². The molecular weight excluding hydrogens is 432 g/mol. The van der Waals surface area contributed by atoms with Crippen LogP contribution in [0.5, 0.6) is 5.75 Å². The van der Waals surface area contributed by atoms with Gasteiger partial charge in [0, 0.05) is 5.69 Å². The molecule has 34 heavy (non-hydrogen) atoms. The number of esters is 1. The molecule has 0 aromatic heterocycles. The van der Waals surface area contributed by atoms with Gasteiger partial charge in [0.2, 0.25) is 5.91 Å². The number of carbonyl (C=O) groups excluding carboxylic acids is 3. The standard InChI is InChI=1S/C27H34N2O5/c1-8-27(9-2)23(31)29(25(32)28-20-13-10-17(3)18(4)16-20)24(27)33-21-14-11-19(12-15-21)22(30)34-26(5,6)7/h10-16,24H,8-9H2,1-7H3,(H,28,32). The number of ether oxygens (including phenoxy) is 2. The fourth-order valence-corrected chi connectivity index (χ4v) is 4.04. The zero-order valence-corrected chi connectivity index (χ0v) is 21.0. The van der Waals surface area contributed by atoms with E-state index < -0.39 is 29.2 Å². The Morgan fingerprint density at radius 1 is 1.00 bits per heavy atom. The number of benzene rings is 2. The van der Waals surface area contributed by atoms with Gasteiger partial charge in [-0.1, -0.05) is 19.9 Å². The summed E-state index contributed by atoms with van der Waals surface area (Å²) in [6, 6.07) is 11.6. The Hall–Kier alpha value is -3.35. The monoisotopic (exact) mass is 466 g/mol. The number of hydrogen-bond donors (Lipinski definition) is 1. The third kappa shape index (κ3) is 4.93. The van der Waals surface area contributed by atoms with Crippen LogP contribution < -0.4 is 10.1 Å². The van der Waals surface area contributed by atoms with E-state index in [0.717, 1.165) is 16.0 Å². The lowest BCUT2D eigenvalue weighted by Gasteiger charge is -2.53. The van der Waals surface area contributed by atoms with Crippen LogP contribution in [-0.4, -0.2) is 34.6 Å². The molecule has 1 unspecified atom stereocenters. The van der Waals surface area contributed by atoms with E-state index in [1.165, 1.54) is 0 Å². The van der Waals surface area contributed by atoms with Gasteiger partial charge in [0.25, 0.3) is 0 Å². The maximum atomic E-state index is 13.1. The number of nitrogens with one attached hydrogen (secondary N) is 1. The lowest BCUT2D eigenvalue weighted by molar-refractivity contribution is -0.190. The Kier molecular flexibility index (Phi) is 7.05. The van der Waals surface area contributed by atoms with Crippen LogP contribution in [0.3, 0.4) is 0 Å². The second-order valence-electron chi connectivity index (χ2n) is 9.76. The van der Waals surface area contributed by atoms with Crippen LogP contribution in [0, 0.1) is 19.3 Å². The Bertz CT molecular complexity index is 1080. The van der Waals surface area contributed by atoms with E-state index >= 15 is 0 Å². The highest BCUT2D eigenvalue weighted by atomic mass is 16.6. The Morgan fingerprint density at radius 2 is 1.62 bits per heavy atom. The minimum absolute atomic E-state index is 0.255. The number of amides is 3. The maximum Gasteiger partial charge on any atom is 0.338 e. The zero-order valence-electron chi connectivity index (χ0n) is 21.0. The molecule has 3 rings (SSSR count). The van der Waals surface area contributed by atoms with Crippen LogP contribution >= 0.6 is 0 Å². The Morgan fingerprint density at radius 3 is 2.15 bits per heavy atom. The van der Waals surface area contributed by atoms with Crippen molar-refractivity contribution in [2.75, 3.05) is 5.32 Å². The van der Waals surface area contributed by atoms with Gasteiger partial charge in [0.15, 0.2) is 6.23 Å². The van der Waals surface area contributed by atoms with Crippen molar-refractivity contribution >= 4 is 23.6 Å². The van der Waals surface area contributed by atoms with Gasteiger partial charge in [-0.25, -0.2) is 14.5 Å². The highest BCUT2D eigenvalue weighted by molar-refractivity contribution is 6.07. The largest absolute Gasteiger partial charge is 0.469 e. The summed E-state index contributed by atoms with van der Waals surface area (Å²) < 4.78 is 11.6. The highest BCUT2D eigenvalue weighted by Crippen LogP contribution is 2.46. The molecule has 1 heterocycles. The molecule has 1 fully saturated rings. The molecule has 0 spiro atoms. The van der Waals surface area contributed by atoms with Crippen LogP contribution in [-0.2, 0) is 9.53 Å². The minimum atomic E-state index is -0.787. The number of aryl methyl sites for hydroxylation is 2. The lowest BCUT2D eigenvalue weighted by Crippen LogP contribution is -2.73. The van der Waals surface area contributed by atoms with Crippen molar-refractivity contribution < 1.29 is 23.9 Å². The van der Waals surface area contributed by atoms with Crippen molar-refractivity contribution in [1.82, 2.24) is 4.90 Å². The van der Waals surface area contributed by atoms with Crippen molar-refractivity contribution in [2.45, 2.75) is 73.1 Å². The zero-order chi connectivity index (χ0) is 25.3. The van der Waals surface area contributed by atoms with Gasteiger partial charge in [0.1, 0.15) is 16.8 Å². The number of anilines is 1. The molecule has 3 amide bonds. The molecule has 0 saturated carbocycles. The van der Waals surface area contributed by atoms with Gasteiger partial charge in [-0.3, -0.25) is 4.79 Å². The van der Waals surface area contributed by atoms with E-state index in [9.17, 15) is 14.4 Å². The van der Waals surface area contributed by atoms with E-state index in [2.05, 4.69) is 5.32 Å². The van der Waals surface area contributed by atoms with Gasteiger partial charge in [-0.15, -0.1) is 0 Å². The van der Waals surface area contributed by atoms with Crippen LogP contribution in [0.1, 0.15) is 68.9 Å². The predicted octanol–water partition coefficient (Wildman–Crippen LogP) is 5.84. The topological polar surface area (TPSA) is 84.9 Å². The molecule has 1 aliphatic heterocycles. The third-order valence-electron chi connectivity index (χ3n) is 6.33. The van der Waals surface area contributed by atoms with Crippen LogP contribution in [0.15, 0.2) is 42.5 Å². The average molecular weight is 467 g/mol. The number of nitrogens with zero attached hydrogens (tertiary/aromatic N) is 1. The minimum Gasteiger partial charge on any atom is -0.469 e. The first-order chi connectivity index (χ1) is 15.9. The number of carbonyl (C=O) groups is 3. The number of rotatable bonds is 6. The van der Waals surface area contributed by atoms with E-state index in [0.29, 0.717) is 29.8 Å². The summed E-state index contributed by atoms with van der Waals surface area (Å²) in [5, 5.41) is 2.81. The first kappa shape index (κ1) is 25.3. The van der Waals surface area contributed by atoms with Crippen molar-refractivity contribution in [3.05, 3.63) is 59.2 Å². The van der Waals surface area contributed by atoms with Gasteiger partial charge in [-0.2, -0.15) is 0 Å². The van der Waals surface area contributed by atoms with E-state index in [-0.39, 0.29) is 5.91 Å². The quantitative estimate of drug-likeness (QED) is 0.427. The first-order valence-corrected chi connectivity index (χ1v) is 11.6. The molecule has 0 aliphatic carbocycles. The average Bonchev–Trinajstić information content (AvgIpc) is 2.76. The van der Waals surface area contributed by atoms with E-state index in [4.69, 9.17) is 9.47 Å². The highest BCUT2D eigenvalue weighted by Gasteiger charge is 2.63. The summed E-state index contributed by atoms with van der Waals surface area (Å²) in [5.74, 6) is -0.224. The second kappa shape index (κ2) is 9.49. The second-order valence-corrected chi connectivity index (χ2v) is 9.76. The molecule has 2 aromatic carbocycles. The summed E-state index contributed by atoms with van der Waals surface area (Å²) in [6.45, 7) is 13.2. The summed E-state index contributed by atoms with van der Waals surface area (Å²) in [6.07, 6.45) is 0.321. The predicted molar refractivity (Wildman–Crippen MR) is 131 cm³/mol. The molecule has 0 radical (unpaired) electrons. The number of urea groups is 1. The molecule has 1 atom stereocenters. The molecule has 0 bridgehead atoms. The summed E-state index contributed by atoms with van der Waals surface area (Å²) in [7, 11) is 0. The van der Waals surface area contributed by atoms with Crippen molar-refractivity contribution in [1.29, 1.82) is 0 Å². The van der Waals surface area contributed by atoms with E-state index in [1.807, 2.05) is 66.7 Å².